The second kappa shape index (κ2) is 9.78. The van der Waals surface area contributed by atoms with Gasteiger partial charge in [0.15, 0.2) is 5.96 Å². The Kier molecular flexibility index (Phi) is 7.14. The lowest BCUT2D eigenvalue weighted by molar-refractivity contribution is 0.0195. The Balaban J connectivity index is 1.55. The van der Waals surface area contributed by atoms with E-state index in [0.717, 1.165) is 70.6 Å². The number of morpholine rings is 1. The lowest BCUT2D eigenvalue weighted by Crippen LogP contribution is -2.46. The number of hydrogen-bond donors (Lipinski definition) is 1. The number of likely N-dealkylation sites (tertiary alicyclic amines) is 1. The molecule has 0 aliphatic carbocycles. The van der Waals surface area contributed by atoms with E-state index in [2.05, 4.69) is 34.2 Å². The number of nitrogens with one attached hydrogen (secondary N) is 1. The SMILES string of the molecule is CCNC(=NCCc1cccc(OC)c1)N1CCC(N2CCOCC2)C1. The fourth-order valence-electron chi connectivity index (χ4n) is 3.72. The minimum absolute atomic E-state index is 0.626. The van der Waals surface area contributed by atoms with E-state index >= 15 is 0 Å². The summed E-state index contributed by atoms with van der Waals surface area (Å²) in [6, 6.07) is 8.87. The maximum Gasteiger partial charge on any atom is 0.193 e. The molecule has 1 N–H and O–H groups in total. The molecule has 1 atom stereocenters. The van der Waals surface area contributed by atoms with E-state index in [1.807, 2.05) is 12.1 Å². The molecule has 2 saturated heterocycles. The fraction of sp³-hybridized carbons (Fsp3) is 0.650. The number of benzene rings is 1. The number of guanidine groups is 1. The summed E-state index contributed by atoms with van der Waals surface area (Å²) in [7, 11) is 1.71. The molecule has 0 aromatic heterocycles. The molecule has 6 heteroatoms. The lowest BCUT2D eigenvalue weighted by Gasteiger charge is -2.32. The van der Waals surface area contributed by atoms with Crippen LogP contribution in [0.25, 0.3) is 0 Å². The summed E-state index contributed by atoms with van der Waals surface area (Å²) in [4.78, 5) is 9.86. The zero-order valence-corrected chi connectivity index (χ0v) is 16.1. The summed E-state index contributed by atoms with van der Waals surface area (Å²) in [5.74, 6) is 1.96. The first-order chi connectivity index (χ1) is 12.8. The van der Waals surface area contributed by atoms with Gasteiger partial charge in [0.25, 0.3) is 0 Å². The highest BCUT2D eigenvalue weighted by Gasteiger charge is 2.30. The number of nitrogens with zero attached hydrogens (tertiary/aromatic N) is 3. The summed E-state index contributed by atoms with van der Waals surface area (Å²) in [6.45, 7) is 9.80. The molecule has 2 fully saturated rings. The smallest absolute Gasteiger partial charge is 0.193 e. The third-order valence-electron chi connectivity index (χ3n) is 5.16. The number of hydrogen-bond acceptors (Lipinski definition) is 4. The molecule has 0 saturated carbocycles. The van der Waals surface area contributed by atoms with Crippen LogP contribution >= 0.6 is 0 Å². The van der Waals surface area contributed by atoms with Gasteiger partial charge < -0.3 is 19.7 Å². The van der Waals surface area contributed by atoms with Crippen molar-refractivity contribution in [1.29, 1.82) is 0 Å². The Morgan fingerprint density at radius 2 is 2.15 bits per heavy atom. The number of aliphatic imine (C=N–C) groups is 1. The Morgan fingerprint density at radius 1 is 1.31 bits per heavy atom. The van der Waals surface area contributed by atoms with Gasteiger partial charge >= 0.3 is 0 Å². The molecule has 0 spiro atoms. The van der Waals surface area contributed by atoms with Crippen molar-refractivity contribution in [2.75, 3.05) is 59.6 Å². The van der Waals surface area contributed by atoms with E-state index in [0.29, 0.717) is 6.04 Å². The largest absolute Gasteiger partial charge is 0.497 e. The molecule has 0 amide bonds. The molecular formula is C20H32N4O2. The van der Waals surface area contributed by atoms with E-state index < -0.39 is 0 Å². The van der Waals surface area contributed by atoms with Crippen molar-refractivity contribution in [2.45, 2.75) is 25.8 Å². The molecule has 0 bridgehead atoms. The maximum absolute atomic E-state index is 5.48. The highest BCUT2D eigenvalue weighted by atomic mass is 16.5. The van der Waals surface area contributed by atoms with Crippen molar-refractivity contribution in [2.24, 2.45) is 4.99 Å². The van der Waals surface area contributed by atoms with Gasteiger partial charge in [-0.1, -0.05) is 12.1 Å². The Hall–Kier alpha value is -1.79. The van der Waals surface area contributed by atoms with Crippen LogP contribution in [0.3, 0.4) is 0 Å². The van der Waals surface area contributed by atoms with E-state index in [-0.39, 0.29) is 0 Å². The van der Waals surface area contributed by atoms with Gasteiger partial charge in [0, 0.05) is 45.3 Å². The van der Waals surface area contributed by atoms with Crippen molar-refractivity contribution in [3.63, 3.8) is 0 Å². The van der Waals surface area contributed by atoms with Crippen LogP contribution in [0.1, 0.15) is 18.9 Å². The van der Waals surface area contributed by atoms with Crippen LogP contribution in [-0.4, -0.2) is 81.4 Å². The molecule has 2 heterocycles. The Labute approximate surface area is 157 Å². The molecule has 2 aliphatic rings. The molecule has 1 aromatic rings. The first-order valence-electron chi connectivity index (χ1n) is 9.78. The normalized spacial score (nSPS) is 21.8. The summed E-state index contributed by atoms with van der Waals surface area (Å²) < 4.78 is 10.8. The first kappa shape index (κ1) is 19.0. The van der Waals surface area contributed by atoms with Crippen LogP contribution in [0.2, 0.25) is 0 Å². The third-order valence-corrected chi connectivity index (χ3v) is 5.16. The molecule has 3 rings (SSSR count). The molecule has 6 nitrogen and oxygen atoms in total. The zero-order chi connectivity index (χ0) is 18.2. The summed E-state index contributed by atoms with van der Waals surface area (Å²) in [5.41, 5.74) is 1.26. The quantitative estimate of drug-likeness (QED) is 0.617. The van der Waals surface area contributed by atoms with Gasteiger partial charge in [-0.25, -0.2) is 0 Å². The van der Waals surface area contributed by atoms with Crippen LogP contribution in [0.15, 0.2) is 29.3 Å². The van der Waals surface area contributed by atoms with Crippen molar-refractivity contribution in [3.8, 4) is 5.75 Å². The van der Waals surface area contributed by atoms with Crippen molar-refractivity contribution >= 4 is 5.96 Å². The van der Waals surface area contributed by atoms with Crippen LogP contribution in [-0.2, 0) is 11.2 Å². The molecule has 0 radical (unpaired) electrons. The Morgan fingerprint density at radius 3 is 2.92 bits per heavy atom. The lowest BCUT2D eigenvalue weighted by atomic mass is 10.1. The number of ether oxygens (including phenoxy) is 2. The average molecular weight is 361 g/mol. The van der Waals surface area contributed by atoms with E-state index in [1.165, 1.54) is 12.0 Å². The predicted molar refractivity (Wildman–Crippen MR) is 105 cm³/mol. The highest BCUT2D eigenvalue weighted by molar-refractivity contribution is 5.80. The van der Waals surface area contributed by atoms with Gasteiger partial charge in [-0.2, -0.15) is 0 Å². The van der Waals surface area contributed by atoms with E-state index in [9.17, 15) is 0 Å². The number of methoxy groups -OCH3 is 1. The summed E-state index contributed by atoms with van der Waals surface area (Å²) in [5, 5.41) is 3.46. The molecule has 144 valence electrons. The van der Waals surface area contributed by atoms with Crippen molar-refractivity contribution in [1.82, 2.24) is 15.1 Å². The van der Waals surface area contributed by atoms with Crippen LogP contribution in [0.5, 0.6) is 5.75 Å². The van der Waals surface area contributed by atoms with Crippen LogP contribution in [0.4, 0.5) is 0 Å². The molecule has 26 heavy (non-hydrogen) atoms. The van der Waals surface area contributed by atoms with Gasteiger partial charge in [0.1, 0.15) is 5.75 Å². The van der Waals surface area contributed by atoms with Crippen LogP contribution in [0, 0.1) is 0 Å². The fourth-order valence-corrected chi connectivity index (χ4v) is 3.72. The minimum Gasteiger partial charge on any atom is -0.497 e. The molecule has 2 aliphatic heterocycles. The van der Waals surface area contributed by atoms with Gasteiger partial charge in [0.05, 0.1) is 20.3 Å². The van der Waals surface area contributed by atoms with Gasteiger partial charge in [-0.15, -0.1) is 0 Å². The van der Waals surface area contributed by atoms with Gasteiger partial charge in [0.2, 0.25) is 0 Å². The van der Waals surface area contributed by atoms with E-state index in [1.54, 1.807) is 7.11 Å². The highest BCUT2D eigenvalue weighted by Crippen LogP contribution is 2.17. The van der Waals surface area contributed by atoms with Crippen molar-refractivity contribution in [3.05, 3.63) is 29.8 Å². The second-order valence-electron chi connectivity index (χ2n) is 6.87. The molecular weight excluding hydrogens is 328 g/mol. The van der Waals surface area contributed by atoms with Gasteiger partial charge in [-0.3, -0.25) is 9.89 Å². The first-order valence-corrected chi connectivity index (χ1v) is 9.78. The van der Waals surface area contributed by atoms with Crippen LogP contribution < -0.4 is 10.1 Å². The Bertz CT molecular complexity index is 587. The standard InChI is InChI=1S/C20H32N4O2/c1-3-21-20(22-9-7-17-5-4-6-19(15-17)25-2)24-10-8-18(16-24)23-11-13-26-14-12-23/h4-6,15,18H,3,7-14,16H2,1-2H3,(H,21,22). The summed E-state index contributed by atoms with van der Waals surface area (Å²) >= 11 is 0. The predicted octanol–water partition coefficient (Wildman–Crippen LogP) is 1.61. The summed E-state index contributed by atoms with van der Waals surface area (Å²) in [6.07, 6.45) is 2.13. The van der Waals surface area contributed by atoms with Crippen molar-refractivity contribution < 1.29 is 9.47 Å². The van der Waals surface area contributed by atoms with Gasteiger partial charge in [-0.05, 0) is 37.5 Å². The zero-order valence-electron chi connectivity index (χ0n) is 16.1. The minimum atomic E-state index is 0.626. The number of rotatable bonds is 6. The second-order valence-corrected chi connectivity index (χ2v) is 6.87. The topological polar surface area (TPSA) is 49.3 Å². The molecule has 1 aromatic carbocycles. The maximum atomic E-state index is 5.48. The van der Waals surface area contributed by atoms with E-state index in [4.69, 9.17) is 14.5 Å². The average Bonchev–Trinajstić information content (AvgIpc) is 3.18. The molecule has 1 unspecified atom stereocenters. The monoisotopic (exact) mass is 360 g/mol. The third kappa shape index (κ3) is 5.11.